The number of anilines is 1. The number of rotatable bonds is 6. The molecular formula is C16H22BrNO2. The lowest BCUT2D eigenvalue weighted by Crippen LogP contribution is -2.34. The Bertz CT molecular complexity index is 495. The Kier molecular flexibility index (Phi) is 6.27. The fraction of sp³-hybridized carbons (Fsp3) is 0.438. The Morgan fingerprint density at radius 2 is 2.00 bits per heavy atom. The highest BCUT2D eigenvalue weighted by atomic mass is 79.9. The highest BCUT2D eigenvalue weighted by Crippen LogP contribution is 2.28. The van der Waals surface area contributed by atoms with Crippen LogP contribution in [0, 0.1) is 5.92 Å². The molecule has 0 fully saturated rings. The van der Waals surface area contributed by atoms with Gasteiger partial charge in [-0.3, -0.25) is 0 Å². The summed E-state index contributed by atoms with van der Waals surface area (Å²) < 4.78 is 0.995. The summed E-state index contributed by atoms with van der Waals surface area (Å²) in [6.45, 7) is 9.59. The van der Waals surface area contributed by atoms with Crippen LogP contribution in [-0.4, -0.2) is 23.7 Å². The van der Waals surface area contributed by atoms with Gasteiger partial charge in [0.25, 0.3) is 0 Å². The van der Waals surface area contributed by atoms with E-state index >= 15 is 0 Å². The number of hydrogen-bond donors (Lipinski definition) is 1. The van der Waals surface area contributed by atoms with Crippen LogP contribution in [0.1, 0.15) is 33.3 Å². The molecule has 0 spiro atoms. The zero-order valence-electron chi connectivity index (χ0n) is 12.4. The normalized spacial score (nSPS) is 11.6. The molecule has 0 heterocycles. The molecule has 0 unspecified atom stereocenters. The van der Waals surface area contributed by atoms with Gasteiger partial charge in [0.05, 0.1) is 0 Å². The molecule has 0 aliphatic rings. The summed E-state index contributed by atoms with van der Waals surface area (Å²) in [5.74, 6) is -0.397. The van der Waals surface area contributed by atoms with Crippen LogP contribution in [0.2, 0.25) is 0 Å². The third-order valence-electron chi connectivity index (χ3n) is 2.89. The molecule has 0 saturated carbocycles. The maximum atomic E-state index is 10.7. The van der Waals surface area contributed by atoms with Crippen LogP contribution in [0.4, 0.5) is 5.69 Å². The summed E-state index contributed by atoms with van der Waals surface area (Å²) in [7, 11) is 0. The van der Waals surface area contributed by atoms with E-state index in [1.807, 2.05) is 18.2 Å². The number of nitrogens with zero attached hydrogens (tertiary/aromatic N) is 1. The van der Waals surface area contributed by atoms with Gasteiger partial charge in [-0.25, -0.2) is 4.79 Å². The van der Waals surface area contributed by atoms with E-state index in [-0.39, 0.29) is 0 Å². The van der Waals surface area contributed by atoms with E-state index in [0.717, 1.165) is 22.3 Å². The van der Waals surface area contributed by atoms with Crippen molar-refractivity contribution in [3.05, 3.63) is 34.3 Å². The second kappa shape index (κ2) is 7.48. The van der Waals surface area contributed by atoms with Gasteiger partial charge < -0.3 is 10.0 Å². The number of benzene rings is 1. The summed E-state index contributed by atoms with van der Waals surface area (Å²) in [6, 6.07) is 6.26. The molecule has 0 amide bonds. The third-order valence-corrected chi connectivity index (χ3v) is 3.39. The lowest BCUT2D eigenvalue weighted by Gasteiger charge is -2.32. The van der Waals surface area contributed by atoms with E-state index in [0.29, 0.717) is 12.0 Å². The predicted molar refractivity (Wildman–Crippen MR) is 88.1 cm³/mol. The van der Waals surface area contributed by atoms with Crippen molar-refractivity contribution in [2.75, 3.05) is 11.4 Å². The van der Waals surface area contributed by atoms with Crippen LogP contribution in [0.3, 0.4) is 0 Å². The zero-order valence-corrected chi connectivity index (χ0v) is 14.0. The van der Waals surface area contributed by atoms with Crippen molar-refractivity contribution in [1.82, 2.24) is 0 Å². The van der Waals surface area contributed by atoms with E-state index < -0.39 is 5.97 Å². The molecule has 20 heavy (non-hydrogen) atoms. The topological polar surface area (TPSA) is 40.5 Å². The average Bonchev–Trinajstić information content (AvgIpc) is 2.33. The number of halogens is 1. The third kappa shape index (κ3) is 5.00. The molecule has 0 atom stereocenters. The molecule has 1 rings (SSSR count). The summed E-state index contributed by atoms with van der Waals surface area (Å²) in [5, 5.41) is 8.80. The number of carboxylic acid groups (broad SMARTS) is 1. The smallest absolute Gasteiger partial charge is 0.328 e. The van der Waals surface area contributed by atoms with Crippen molar-refractivity contribution in [2.24, 2.45) is 5.92 Å². The standard InChI is InChI=1S/C16H22BrNO2/c1-11(2)10-18(12(3)4)15-9-14(17)7-5-13(15)6-8-16(19)20/h5-9,11-12H,10H2,1-4H3,(H,19,20). The maximum Gasteiger partial charge on any atom is 0.328 e. The summed E-state index contributed by atoms with van der Waals surface area (Å²) in [6.07, 6.45) is 2.83. The van der Waals surface area contributed by atoms with Gasteiger partial charge in [0.15, 0.2) is 0 Å². The van der Waals surface area contributed by atoms with Crippen LogP contribution < -0.4 is 4.90 Å². The number of carbonyl (C=O) groups is 1. The van der Waals surface area contributed by atoms with Crippen LogP contribution in [0.5, 0.6) is 0 Å². The first-order valence-electron chi connectivity index (χ1n) is 6.78. The van der Waals surface area contributed by atoms with E-state index in [9.17, 15) is 4.79 Å². The predicted octanol–water partition coefficient (Wildman–Crippen LogP) is 4.42. The molecular weight excluding hydrogens is 318 g/mol. The fourth-order valence-corrected chi connectivity index (χ4v) is 2.40. The van der Waals surface area contributed by atoms with Gasteiger partial charge in [0.1, 0.15) is 0 Å². The number of aliphatic carboxylic acids is 1. The summed E-state index contributed by atoms with van der Waals surface area (Å²) >= 11 is 3.49. The maximum absolute atomic E-state index is 10.7. The van der Waals surface area contributed by atoms with Crippen molar-refractivity contribution < 1.29 is 9.90 Å². The molecule has 0 bridgehead atoms. The van der Waals surface area contributed by atoms with Gasteiger partial charge in [-0.2, -0.15) is 0 Å². The average molecular weight is 340 g/mol. The van der Waals surface area contributed by atoms with Crippen LogP contribution in [-0.2, 0) is 4.79 Å². The van der Waals surface area contributed by atoms with E-state index in [1.54, 1.807) is 6.08 Å². The Balaban J connectivity index is 3.23. The van der Waals surface area contributed by atoms with E-state index in [2.05, 4.69) is 48.5 Å². The second-order valence-electron chi connectivity index (χ2n) is 5.51. The van der Waals surface area contributed by atoms with Gasteiger partial charge in [-0.05, 0) is 43.5 Å². The number of hydrogen-bond acceptors (Lipinski definition) is 2. The summed E-state index contributed by atoms with van der Waals surface area (Å²) in [4.78, 5) is 13.0. The van der Waals surface area contributed by atoms with Gasteiger partial charge >= 0.3 is 5.97 Å². The van der Waals surface area contributed by atoms with Gasteiger partial charge in [0.2, 0.25) is 0 Å². The molecule has 0 aliphatic heterocycles. The molecule has 1 N–H and O–H groups in total. The lowest BCUT2D eigenvalue weighted by atomic mass is 10.1. The highest BCUT2D eigenvalue weighted by Gasteiger charge is 2.15. The Hall–Kier alpha value is -1.29. The van der Waals surface area contributed by atoms with Crippen molar-refractivity contribution in [3.8, 4) is 0 Å². The second-order valence-corrected chi connectivity index (χ2v) is 6.43. The Labute approximate surface area is 129 Å². The van der Waals surface area contributed by atoms with Crippen LogP contribution in [0.25, 0.3) is 6.08 Å². The first kappa shape index (κ1) is 16.8. The molecule has 0 radical (unpaired) electrons. The Morgan fingerprint density at radius 1 is 1.35 bits per heavy atom. The minimum absolute atomic E-state index is 0.351. The highest BCUT2D eigenvalue weighted by molar-refractivity contribution is 9.10. The molecule has 1 aromatic carbocycles. The lowest BCUT2D eigenvalue weighted by molar-refractivity contribution is -0.131. The largest absolute Gasteiger partial charge is 0.478 e. The first-order valence-corrected chi connectivity index (χ1v) is 7.57. The molecule has 110 valence electrons. The van der Waals surface area contributed by atoms with Crippen LogP contribution in [0.15, 0.2) is 28.7 Å². The SMILES string of the molecule is CC(C)CN(c1cc(Br)ccc1C=CC(=O)O)C(C)C. The van der Waals surface area contributed by atoms with Crippen molar-refractivity contribution in [3.63, 3.8) is 0 Å². The van der Waals surface area contributed by atoms with Crippen molar-refractivity contribution >= 4 is 33.7 Å². The van der Waals surface area contributed by atoms with Crippen LogP contribution >= 0.6 is 15.9 Å². The number of carboxylic acids is 1. The molecule has 1 aromatic rings. The van der Waals surface area contributed by atoms with Gasteiger partial charge in [0, 0.05) is 28.8 Å². The molecule has 0 saturated heterocycles. The minimum atomic E-state index is -0.932. The fourth-order valence-electron chi connectivity index (χ4n) is 2.05. The first-order chi connectivity index (χ1) is 9.31. The van der Waals surface area contributed by atoms with Gasteiger partial charge in [-0.15, -0.1) is 0 Å². The molecule has 4 heteroatoms. The minimum Gasteiger partial charge on any atom is -0.478 e. The van der Waals surface area contributed by atoms with Crippen molar-refractivity contribution in [1.29, 1.82) is 0 Å². The molecule has 3 nitrogen and oxygen atoms in total. The monoisotopic (exact) mass is 339 g/mol. The zero-order chi connectivity index (χ0) is 15.3. The van der Waals surface area contributed by atoms with Gasteiger partial charge in [-0.1, -0.05) is 35.8 Å². The van der Waals surface area contributed by atoms with E-state index in [4.69, 9.17) is 5.11 Å². The summed E-state index contributed by atoms with van der Waals surface area (Å²) in [5.41, 5.74) is 1.98. The Morgan fingerprint density at radius 3 is 2.50 bits per heavy atom. The molecule has 0 aliphatic carbocycles. The molecule has 0 aromatic heterocycles. The van der Waals surface area contributed by atoms with E-state index in [1.165, 1.54) is 6.08 Å². The van der Waals surface area contributed by atoms with Crippen molar-refractivity contribution in [2.45, 2.75) is 33.7 Å². The quantitative estimate of drug-likeness (QED) is 0.780.